The van der Waals surface area contributed by atoms with Gasteiger partial charge in [-0.3, -0.25) is 9.48 Å². The molecule has 1 aromatic heterocycles. The molecule has 7 heteroatoms. The summed E-state index contributed by atoms with van der Waals surface area (Å²) in [6.45, 7) is 1.80. The van der Waals surface area contributed by atoms with Gasteiger partial charge in [0.25, 0.3) is 0 Å². The van der Waals surface area contributed by atoms with Gasteiger partial charge < -0.3 is 5.32 Å². The zero-order valence-corrected chi connectivity index (χ0v) is 11.5. The summed E-state index contributed by atoms with van der Waals surface area (Å²) in [5.41, 5.74) is -0.938. The van der Waals surface area contributed by atoms with Crippen LogP contribution in [0.5, 0.6) is 0 Å². The van der Waals surface area contributed by atoms with Crippen molar-refractivity contribution in [3.63, 3.8) is 0 Å². The lowest BCUT2D eigenvalue weighted by atomic mass is 9.80. The molecule has 0 bridgehead atoms. The second-order valence-electron chi connectivity index (χ2n) is 5.21. The van der Waals surface area contributed by atoms with Gasteiger partial charge in [0.1, 0.15) is 5.41 Å². The third-order valence-corrected chi connectivity index (χ3v) is 3.96. The van der Waals surface area contributed by atoms with Crippen molar-refractivity contribution < 1.29 is 18.0 Å². The molecular weight excluding hydrogens is 271 g/mol. The van der Waals surface area contributed by atoms with Gasteiger partial charge >= 0.3 is 6.18 Å². The van der Waals surface area contributed by atoms with E-state index >= 15 is 0 Å². The van der Waals surface area contributed by atoms with E-state index in [2.05, 4.69) is 10.4 Å². The van der Waals surface area contributed by atoms with E-state index in [0.717, 1.165) is 5.69 Å². The van der Waals surface area contributed by atoms with Crippen molar-refractivity contribution >= 4 is 5.78 Å². The molecule has 1 fully saturated rings. The monoisotopic (exact) mass is 289 g/mol. The zero-order valence-electron chi connectivity index (χ0n) is 11.5. The summed E-state index contributed by atoms with van der Waals surface area (Å²) in [6, 6.07) is 1.70. The number of hydrogen-bond donors (Lipinski definition) is 1. The van der Waals surface area contributed by atoms with Crippen LogP contribution in [0.1, 0.15) is 24.7 Å². The smallest absolute Gasteiger partial charge is 0.315 e. The van der Waals surface area contributed by atoms with E-state index < -0.39 is 17.4 Å². The minimum absolute atomic E-state index is 0.187. The van der Waals surface area contributed by atoms with Crippen LogP contribution < -0.4 is 5.32 Å². The minimum Gasteiger partial charge on any atom is -0.315 e. The molecule has 20 heavy (non-hydrogen) atoms. The molecule has 1 aliphatic rings. The Morgan fingerprint density at radius 3 is 2.70 bits per heavy atom. The Morgan fingerprint density at radius 1 is 1.55 bits per heavy atom. The second-order valence-corrected chi connectivity index (χ2v) is 5.21. The van der Waals surface area contributed by atoms with E-state index in [9.17, 15) is 18.0 Å². The number of aromatic nitrogens is 2. The molecule has 1 aliphatic heterocycles. The van der Waals surface area contributed by atoms with Crippen LogP contribution in [0, 0.1) is 5.41 Å². The van der Waals surface area contributed by atoms with Crippen molar-refractivity contribution in [1.29, 1.82) is 0 Å². The van der Waals surface area contributed by atoms with Crippen LogP contribution in [0.25, 0.3) is 0 Å². The molecule has 1 unspecified atom stereocenters. The summed E-state index contributed by atoms with van der Waals surface area (Å²) in [5, 5.41) is 6.82. The van der Waals surface area contributed by atoms with E-state index in [0.29, 0.717) is 12.1 Å². The first-order valence-electron chi connectivity index (χ1n) is 6.62. The maximum atomic E-state index is 13.3. The number of aryl methyl sites for hydroxylation is 2. The molecule has 1 aromatic rings. The third-order valence-electron chi connectivity index (χ3n) is 3.96. The maximum Gasteiger partial charge on any atom is 0.402 e. The van der Waals surface area contributed by atoms with E-state index in [1.165, 1.54) is 4.68 Å². The molecule has 1 atom stereocenters. The first kappa shape index (κ1) is 15.0. The fourth-order valence-electron chi connectivity index (χ4n) is 2.57. The van der Waals surface area contributed by atoms with Gasteiger partial charge in [0.2, 0.25) is 0 Å². The van der Waals surface area contributed by atoms with Crippen LogP contribution in [-0.4, -0.2) is 34.8 Å². The predicted molar refractivity (Wildman–Crippen MR) is 67.3 cm³/mol. The highest BCUT2D eigenvalue weighted by Crippen LogP contribution is 2.44. The Kier molecular flexibility index (Phi) is 3.90. The number of hydrogen-bond acceptors (Lipinski definition) is 3. The number of ketones is 1. The fourth-order valence-corrected chi connectivity index (χ4v) is 2.57. The van der Waals surface area contributed by atoms with Gasteiger partial charge in [-0.15, -0.1) is 0 Å². The number of nitrogens with zero attached hydrogens (tertiary/aromatic N) is 2. The molecule has 4 nitrogen and oxygen atoms in total. The quantitative estimate of drug-likeness (QED) is 0.916. The average Bonchev–Trinajstić information content (AvgIpc) is 2.96. The van der Waals surface area contributed by atoms with Crippen LogP contribution >= 0.6 is 0 Å². The second kappa shape index (κ2) is 5.20. The standard InChI is InChI=1S/C13H18F3N3O/c1-3-9-6-10(19(2)18-9)7-11(20)12(13(14,15)16)4-5-17-8-12/h6,17H,3-5,7-8H2,1-2H3. The Labute approximate surface area is 115 Å². The molecule has 2 rings (SSSR count). The van der Waals surface area contributed by atoms with E-state index in [4.69, 9.17) is 0 Å². The number of nitrogens with one attached hydrogen (secondary N) is 1. The molecular formula is C13H18F3N3O. The molecule has 1 saturated heterocycles. The van der Waals surface area contributed by atoms with Crippen molar-refractivity contribution in [2.24, 2.45) is 12.5 Å². The first-order chi connectivity index (χ1) is 9.30. The van der Waals surface area contributed by atoms with Gasteiger partial charge in [-0.05, 0) is 25.5 Å². The first-order valence-corrected chi connectivity index (χ1v) is 6.62. The summed E-state index contributed by atoms with van der Waals surface area (Å²) in [6.07, 6.45) is -4.24. The van der Waals surface area contributed by atoms with Crippen LogP contribution in [0.4, 0.5) is 13.2 Å². The van der Waals surface area contributed by atoms with Gasteiger partial charge in [0.05, 0.1) is 5.69 Å². The van der Waals surface area contributed by atoms with Crippen LogP contribution in [0.3, 0.4) is 0 Å². The van der Waals surface area contributed by atoms with Gasteiger partial charge in [-0.2, -0.15) is 18.3 Å². The third kappa shape index (κ3) is 2.46. The van der Waals surface area contributed by atoms with Crippen molar-refractivity contribution in [3.05, 3.63) is 17.5 Å². The van der Waals surface area contributed by atoms with Crippen molar-refractivity contribution in [1.82, 2.24) is 15.1 Å². The summed E-state index contributed by atoms with van der Waals surface area (Å²) in [7, 11) is 1.65. The van der Waals surface area contributed by atoms with Crippen LogP contribution in [-0.2, 0) is 24.7 Å². The molecule has 0 aliphatic carbocycles. The summed E-state index contributed by atoms with van der Waals surface area (Å²) in [4.78, 5) is 12.2. The molecule has 0 aromatic carbocycles. The van der Waals surface area contributed by atoms with E-state index in [-0.39, 0.29) is 25.9 Å². The lowest BCUT2D eigenvalue weighted by Crippen LogP contribution is -2.47. The normalized spacial score (nSPS) is 23.2. The Morgan fingerprint density at radius 2 is 2.25 bits per heavy atom. The number of Topliss-reactive ketones (excluding diaryl/α,β-unsaturated/α-hetero) is 1. The number of alkyl halides is 3. The summed E-state index contributed by atoms with van der Waals surface area (Å²) in [5.74, 6) is -0.777. The Balaban J connectivity index is 2.23. The molecule has 0 amide bonds. The van der Waals surface area contributed by atoms with Crippen molar-refractivity contribution in [2.45, 2.75) is 32.4 Å². The van der Waals surface area contributed by atoms with Crippen molar-refractivity contribution in [3.8, 4) is 0 Å². The summed E-state index contributed by atoms with van der Waals surface area (Å²) >= 11 is 0. The lowest BCUT2D eigenvalue weighted by Gasteiger charge is -2.29. The van der Waals surface area contributed by atoms with Gasteiger partial charge in [0, 0.05) is 25.7 Å². The predicted octanol–water partition coefficient (Wildman–Crippen LogP) is 1.64. The van der Waals surface area contributed by atoms with Gasteiger partial charge in [0.15, 0.2) is 5.78 Å². The molecule has 0 spiro atoms. The summed E-state index contributed by atoms with van der Waals surface area (Å²) < 4.78 is 41.3. The number of carbonyl (C=O) groups is 1. The van der Waals surface area contributed by atoms with E-state index in [1.807, 2.05) is 6.92 Å². The molecule has 0 saturated carbocycles. The molecule has 112 valence electrons. The Bertz CT molecular complexity index is 501. The SMILES string of the molecule is CCc1cc(CC(=O)C2(C(F)(F)F)CCNC2)n(C)n1. The molecule has 0 radical (unpaired) electrons. The topological polar surface area (TPSA) is 46.9 Å². The van der Waals surface area contributed by atoms with E-state index in [1.54, 1.807) is 13.1 Å². The number of carbonyl (C=O) groups excluding carboxylic acids is 1. The lowest BCUT2D eigenvalue weighted by molar-refractivity contribution is -0.214. The molecule has 2 heterocycles. The molecule has 1 N–H and O–H groups in total. The largest absolute Gasteiger partial charge is 0.402 e. The highest BCUT2D eigenvalue weighted by Gasteiger charge is 2.60. The highest BCUT2D eigenvalue weighted by atomic mass is 19.4. The van der Waals surface area contributed by atoms with Crippen LogP contribution in [0.2, 0.25) is 0 Å². The number of halogens is 3. The number of rotatable bonds is 4. The highest BCUT2D eigenvalue weighted by molar-refractivity contribution is 5.88. The van der Waals surface area contributed by atoms with Crippen molar-refractivity contribution in [2.75, 3.05) is 13.1 Å². The Hall–Kier alpha value is -1.37. The zero-order chi connectivity index (χ0) is 15.0. The minimum atomic E-state index is -4.51. The fraction of sp³-hybridized carbons (Fsp3) is 0.692. The average molecular weight is 289 g/mol. The van der Waals surface area contributed by atoms with Gasteiger partial charge in [-0.25, -0.2) is 0 Å². The van der Waals surface area contributed by atoms with Crippen LogP contribution in [0.15, 0.2) is 6.07 Å². The van der Waals surface area contributed by atoms with Gasteiger partial charge in [-0.1, -0.05) is 6.92 Å². The maximum absolute atomic E-state index is 13.3.